The van der Waals surface area contributed by atoms with Crippen molar-refractivity contribution in [1.82, 2.24) is 4.57 Å². The summed E-state index contributed by atoms with van der Waals surface area (Å²) in [6.07, 6.45) is 3.18. The van der Waals surface area contributed by atoms with Gasteiger partial charge in [0.25, 0.3) is 0 Å². The van der Waals surface area contributed by atoms with Gasteiger partial charge in [0.15, 0.2) is 0 Å². The highest BCUT2D eigenvalue weighted by Gasteiger charge is 2.11. The predicted octanol–water partition coefficient (Wildman–Crippen LogP) is 3.23. The van der Waals surface area contributed by atoms with E-state index in [9.17, 15) is 8.42 Å². The van der Waals surface area contributed by atoms with Crippen LogP contribution in [-0.2, 0) is 17.1 Å². The molecule has 0 aliphatic carbocycles. The Kier molecular flexibility index (Phi) is 3.77. The van der Waals surface area contributed by atoms with E-state index in [1.807, 2.05) is 54.2 Å². The van der Waals surface area contributed by atoms with Gasteiger partial charge in [-0.15, -0.1) is 0 Å². The van der Waals surface area contributed by atoms with Gasteiger partial charge in [-0.2, -0.15) is 0 Å². The van der Waals surface area contributed by atoms with Crippen LogP contribution in [0.1, 0.15) is 0 Å². The Morgan fingerprint density at radius 1 is 1.09 bits per heavy atom. The second-order valence-corrected chi connectivity index (χ2v) is 7.24. The topological polar surface area (TPSA) is 60.3 Å². The quantitative estimate of drug-likeness (QED) is 0.799. The fourth-order valence-electron chi connectivity index (χ4n) is 2.66. The highest BCUT2D eigenvalue weighted by atomic mass is 32.2. The molecule has 0 aliphatic rings. The van der Waals surface area contributed by atoms with Crippen LogP contribution < -0.4 is 9.46 Å². The fourth-order valence-corrected chi connectivity index (χ4v) is 3.22. The molecule has 0 atom stereocenters. The highest BCUT2D eigenvalue weighted by molar-refractivity contribution is 7.92. The number of methoxy groups -OCH3 is 1. The third-order valence-electron chi connectivity index (χ3n) is 3.69. The highest BCUT2D eigenvalue weighted by Crippen LogP contribution is 2.32. The molecule has 23 heavy (non-hydrogen) atoms. The van der Waals surface area contributed by atoms with E-state index in [1.165, 1.54) is 0 Å². The van der Waals surface area contributed by atoms with Crippen LogP contribution >= 0.6 is 0 Å². The van der Waals surface area contributed by atoms with Crippen LogP contribution in [0.25, 0.3) is 22.0 Å². The Morgan fingerprint density at radius 3 is 2.39 bits per heavy atom. The Bertz CT molecular complexity index is 957. The first kappa shape index (κ1) is 15.4. The Labute approximate surface area is 135 Å². The number of sulfonamides is 1. The van der Waals surface area contributed by atoms with Gasteiger partial charge in [0.05, 0.1) is 24.6 Å². The lowest BCUT2D eigenvalue weighted by Crippen LogP contribution is -2.09. The molecule has 0 saturated heterocycles. The molecule has 1 aromatic heterocycles. The maximum atomic E-state index is 11.4. The Hall–Kier alpha value is -2.47. The van der Waals surface area contributed by atoms with Crippen LogP contribution in [0.4, 0.5) is 5.69 Å². The normalized spacial score (nSPS) is 11.6. The van der Waals surface area contributed by atoms with Crippen LogP contribution in [0.3, 0.4) is 0 Å². The van der Waals surface area contributed by atoms with E-state index in [2.05, 4.69) is 4.72 Å². The smallest absolute Gasteiger partial charge is 0.229 e. The number of hydrogen-bond donors (Lipinski definition) is 1. The third kappa shape index (κ3) is 3.17. The number of hydrogen-bond acceptors (Lipinski definition) is 3. The van der Waals surface area contributed by atoms with Gasteiger partial charge in [-0.25, -0.2) is 8.42 Å². The Morgan fingerprint density at radius 2 is 1.78 bits per heavy atom. The lowest BCUT2D eigenvalue weighted by Gasteiger charge is -2.05. The fraction of sp³-hybridized carbons (Fsp3) is 0.176. The molecule has 120 valence electrons. The summed E-state index contributed by atoms with van der Waals surface area (Å²) in [5.41, 5.74) is 3.70. The van der Waals surface area contributed by atoms with Crippen molar-refractivity contribution >= 4 is 26.6 Å². The first-order valence-corrected chi connectivity index (χ1v) is 8.98. The minimum atomic E-state index is -3.28. The lowest BCUT2D eigenvalue weighted by molar-refractivity contribution is 0.415. The van der Waals surface area contributed by atoms with Gasteiger partial charge in [0.2, 0.25) is 10.0 Å². The molecule has 2 aromatic carbocycles. The van der Waals surface area contributed by atoms with E-state index in [4.69, 9.17) is 4.74 Å². The number of nitrogens with zero attached hydrogens (tertiary/aromatic N) is 1. The van der Waals surface area contributed by atoms with E-state index in [0.29, 0.717) is 5.69 Å². The molecule has 3 aromatic rings. The molecule has 0 radical (unpaired) electrons. The predicted molar refractivity (Wildman–Crippen MR) is 93.4 cm³/mol. The van der Waals surface area contributed by atoms with Crippen LogP contribution in [0.15, 0.2) is 48.7 Å². The first-order chi connectivity index (χ1) is 10.9. The maximum absolute atomic E-state index is 11.4. The van der Waals surface area contributed by atoms with E-state index in [0.717, 1.165) is 34.0 Å². The van der Waals surface area contributed by atoms with Crippen LogP contribution in [0.2, 0.25) is 0 Å². The third-order valence-corrected chi connectivity index (χ3v) is 4.30. The number of aryl methyl sites for hydroxylation is 1. The zero-order valence-electron chi connectivity index (χ0n) is 13.2. The molecule has 0 spiro atoms. The minimum absolute atomic E-state index is 0.558. The van der Waals surface area contributed by atoms with Crippen LogP contribution in [0, 0.1) is 0 Å². The molecule has 5 nitrogen and oxygen atoms in total. The van der Waals surface area contributed by atoms with Crippen molar-refractivity contribution in [3.63, 3.8) is 0 Å². The zero-order valence-corrected chi connectivity index (χ0v) is 14.0. The second-order valence-electron chi connectivity index (χ2n) is 5.49. The van der Waals surface area contributed by atoms with E-state index in [1.54, 1.807) is 13.2 Å². The van der Waals surface area contributed by atoms with Crippen molar-refractivity contribution in [1.29, 1.82) is 0 Å². The van der Waals surface area contributed by atoms with Gasteiger partial charge >= 0.3 is 0 Å². The summed E-state index contributed by atoms with van der Waals surface area (Å²) in [7, 11) is 0.301. The molecule has 0 unspecified atom stereocenters. The van der Waals surface area contributed by atoms with Gasteiger partial charge in [0, 0.05) is 24.2 Å². The monoisotopic (exact) mass is 330 g/mol. The van der Waals surface area contributed by atoms with Crippen LogP contribution in [-0.4, -0.2) is 26.4 Å². The molecular formula is C17H18N2O3S. The summed E-state index contributed by atoms with van der Waals surface area (Å²) >= 11 is 0. The average Bonchev–Trinajstić information content (AvgIpc) is 2.83. The van der Waals surface area contributed by atoms with Crippen molar-refractivity contribution in [3.8, 4) is 16.9 Å². The molecule has 0 aliphatic heterocycles. The largest absolute Gasteiger partial charge is 0.497 e. The molecule has 0 saturated carbocycles. The van der Waals surface area contributed by atoms with Crippen molar-refractivity contribution < 1.29 is 13.2 Å². The first-order valence-electron chi connectivity index (χ1n) is 7.09. The molecule has 1 N–H and O–H groups in total. The molecule has 0 bridgehead atoms. The molecule has 0 amide bonds. The van der Waals surface area contributed by atoms with Gasteiger partial charge in [-0.3, -0.25) is 4.72 Å². The van der Waals surface area contributed by atoms with Gasteiger partial charge in [0.1, 0.15) is 5.75 Å². The van der Waals surface area contributed by atoms with E-state index >= 15 is 0 Å². The zero-order chi connectivity index (χ0) is 16.6. The molecule has 6 heteroatoms. The number of anilines is 1. The van der Waals surface area contributed by atoms with E-state index in [-0.39, 0.29) is 0 Å². The number of benzene rings is 2. The maximum Gasteiger partial charge on any atom is 0.229 e. The van der Waals surface area contributed by atoms with Crippen molar-refractivity contribution in [3.05, 3.63) is 48.7 Å². The standard InChI is InChI=1S/C17H18N2O3S/c1-19-11-16(12-4-7-14(22-2)8-5-12)15-9-6-13(10-17(15)19)18-23(3,20)21/h4-11,18H,1-3H3. The number of aromatic nitrogens is 1. The van der Waals surface area contributed by atoms with Crippen molar-refractivity contribution in [2.24, 2.45) is 7.05 Å². The number of ether oxygens (including phenoxy) is 1. The number of nitrogens with one attached hydrogen (secondary N) is 1. The summed E-state index contributed by atoms with van der Waals surface area (Å²) in [6, 6.07) is 13.4. The van der Waals surface area contributed by atoms with Crippen molar-refractivity contribution in [2.75, 3.05) is 18.1 Å². The summed E-state index contributed by atoms with van der Waals surface area (Å²) in [5, 5.41) is 1.07. The Balaban J connectivity index is 2.09. The van der Waals surface area contributed by atoms with Gasteiger partial charge in [-0.05, 0) is 29.8 Å². The summed E-state index contributed by atoms with van der Waals surface area (Å²) in [5.74, 6) is 0.814. The van der Waals surface area contributed by atoms with Gasteiger partial charge in [-0.1, -0.05) is 18.2 Å². The summed E-state index contributed by atoms with van der Waals surface area (Å²) < 4.78 is 32.4. The van der Waals surface area contributed by atoms with Crippen molar-refractivity contribution in [2.45, 2.75) is 0 Å². The summed E-state index contributed by atoms with van der Waals surface area (Å²) in [6.45, 7) is 0. The van der Waals surface area contributed by atoms with E-state index < -0.39 is 10.0 Å². The van der Waals surface area contributed by atoms with Crippen LogP contribution in [0.5, 0.6) is 5.75 Å². The minimum Gasteiger partial charge on any atom is -0.497 e. The molecule has 1 heterocycles. The summed E-state index contributed by atoms with van der Waals surface area (Å²) in [4.78, 5) is 0. The molecular weight excluding hydrogens is 312 g/mol. The second kappa shape index (κ2) is 5.62. The molecule has 3 rings (SSSR count). The average molecular weight is 330 g/mol. The lowest BCUT2D eigenvalue weighted by atomic mass is 10.0. The van der Waals surface area contributed by atoms with Gasteiger partial charge < -0.3 is 9.30 Å². The number of rotatable bonds is 4. The number of fused-ring (bicyclic) bond motifs is 1. The SMILES string of the molecule is COc1ccc(-c2cn(C)c3cc(NS(C)(=O)=O)ccc23)cc1. The molecule has 0 fully saturated rings.